The van der Waals surface area contributed by atoms with Crippen LogP contribution in [-0.4, -0.2) is 52.0 Å². The van der Waals surface area contributed by atoms with Gasteiger partial charge < -0.3 is 14.1 Å². The fourth-order valence-corrected chi connectivity index (χ4v) is 3.45. The van der Waals surface area contributed by atoms with Gasteiger partial charge in [0.1, 0.15) is 6.61 Å². The van der Waals surface area contributed by atoms with Crippen LogP contribution >= 0.6 is 0 Å². The van der Waals surface area contributed by atoms with E-state index >= 15 is 0 Å². The first kappa shape index (κ1) is 16.7. The fourth-order valence-electron chi connectivity index (χ4n) is 2.07. The number of hydrogen-bond acceptors (Lipinski definition) is 3. The maximum absolute atomic E-state index is 11.9. The van der Waals surface area contributed by atoms with Crippen LogP contribution in [0.1, 0.15) is 33.6 Å². The van der Waals surface area contributed by atoms with Crippen LogP contribution in [-0.2, 0) is 14.0 Å². The van der Waals surface area contributed by atoms with Crippen molar-refractivity contribution in [1.29, 1.82) is 0 Å². The molecule has 112 valence electrons. The Bertz CT molecular complexity index is 312. The number of hydrogen-bond donors (Lipinski definition) is 0. The summed E-state index contributed by atoms with van der Waals surface area (Å²) in [6, 6.07) is 0. The molecule has 1 rings (SSSR count). The highest BCUT2D eigenvalue weighted by Gasteiger charge is 2.40. The van der Waals surface area contributed by atoms with Crippen molar-refractivity contribution >= 4 is 14.2 Å². The first-order valence-corrected chi connectivity index (χ1v) is 10.0. The molecule has 19 heavy (non-hydrogen) atoms. The first-order valence-electron chi connectivity index (χ1n) is 7.12. The number of nitrogens with zero attached hydrogens (tertiary/aromatic N) is 1. The predicted octanol–water partition coefficient (Wildman–Crippen LogP) is 2.65. The SMILES string of the molecule is COCC(=O)N1CCCC(O[Si](C)(C)C(C)(C)C)C1. The van der Waals surface area contributed by atoms with Crippen LogP contribution in [0.15, 0.2) is 0 Å². The van der Waals surface area contributed by atoms with E-state index in [1.807, 2.05) is 4.90 Å². The highest BCUT2D eigenvalue weighted by Crippen LogP contribution is 2.38. The average molecular weight is 287 g/mol. The molecule has 0 aromatic carbocycles. The van der Waals surface area contributed by atoms with Gasteiger partial charge in [0, 0.05) is 20.2 Å². The van der Waals surface area contributed by atoms with Crippen LogP contribution in [0.25, 0.3) is 0 Å². The number of carbonyl (C=O) groups is 1. The summed E-state index contributed by atoms with van der Waals surface area (Å²) < 4.78 is 11.3. The summed E-state index contributed by atoms with van der Waals surface area (Å²) >= 11 is 0. The van der Waals surface area contributed by atoms with E-state index < -0.39 is 8.32 Å². The molecule has 0 saturated carbocycles. The molecule has 1 amide bonds. The van der Waals surface area contributed by atoms with E-state index in [9.17, 15) is 4.79 Å². The Labute approximate surface area is 118 Å². The largest absolute Gasteiger partial charge is 0.412 e. The molecule has 5 heteroatoms. The second kappa shape index (κ2) is 6.37. The van der Waals surface area contributed by atoms with Gasteiger partial charge in [-0.1, -0.05) is 20.8 Å². The average Bonchev–Trinajstić information content (AvgIpc) is 2.27. The summed E-state index contributed by atoms with van der Waals surface area (Å²) in [4.78, 5) is 13.7. The third-order valence-electron chi connectivity index (χ3n) is 4.27. The molecule has 0 N–H and O–H groups in total. The second-order valence-corrected chi connectivity index (χ2v) is 11.7. The molecule has 1 heterocycles. The second-order valence-electron chi connectivity index (χ2n) is 6.92. The molecule has 0 aliphatic carbocycles. The molecule has 4 nitrogen and oxygen atoms in total. The molecule has 1 aliphatic rings. The molecular weight excluding hydrogens is 258 g/mol. The van der Waals surface area contributed by atoms with E-state index in [-0.39, 0.29) is 23.7 Å². The molecule has 0 radical (unpaired) electrons. The summed E-state index contributed by atoms with van der Waals surface area (Å²) in [6.45, 7) is 13.0. The van der Waals surface area contributed by atoms with Gasteiger partial charge in [0.05, 0.1) is 6.10 Å². The molecule has 1 fully saturated rings. The Morgan fingerprint density at radius 2 is 2.00 bits per heavy atom. The monoisotopic (exact) mass is 287 g/mol. The Balaban J connectivity index is 2.58. The smallest absolute Gasteiger partial charge is 0.248 e. The first-order chi connectivity index (χ1) is 8.67. The quantitative estimate of drug-likeness (QED) is 0.746. The van der Waals surface area contributed by atoms with Gasteiger partial charge in [-0.25, -0.2) is 0 Å². The normalized spacial score (nSPS) is 21.6. The van der Waals surface area contributed by atoms with Crippen molar-refractivity contribution in [2.75, 3.05) is 26.8 Å². The van der Waals surface area contributed by atoms with Crippen LogP contribution < -0.4 is 0 Å². The Morgan fingerprint density at radius 1 is 1.37 bits per heavy atom. The standard InChI is InChI=1S/C14H29NO3Si/c1-14(2,3)19(5,6)18-12-8-7-9-15(10-12)13(16)11-17-4/h12H,7-11H2,1-6H3. The lowest BCUT2D eigenvalue weighted by atomic mass is 10.1. The van der Waals surface area contributed by atoms with Gasteiger partial charge in [-0.05, 0) is 31.0 Å². The summed E-state index contributed by atoms with van der Waals surface area (Å²) in [7, 11) is -0.183. The van der Waals surface area contributed by atoms with E-state index in [0.29, 0.717) is 6.54 Å². The molecule has 0 bridgehead atoms. The number of rotatable bonds is 4. The summed E-state index contributed by atoms with van der Waals surface area (Å²) in [5, 5.41) is 0.214. The zero-order valence-corrected chi connectivity index (χ0v) is 14.3. The van der Waals surface area contributed by atoms with E-state index in [1.54, 1.807) is 7.11 Å². The summed E-state index contributed by atoms with van der Waals surface area (Å²) in [6.07, 6.45) is 2.27. The third-order valence-corrected chi connectivity index (χ3v) is 8.80. The molecule has 1 atom stereocenters. The molecule has 1 aliphatic heterocycles. The van der Waals surface area contributed by atoms with Crippen LogP contribution in [0.2, 0.25) is 18.1 Å². The van der Waals surface area contributed by atoms with Crippen molar-refractivity contribution in [3.8, 4) is 0 Å². The molecule has 0 spiro atoms. The van der Waals surface area contributed by atoms with E-state index in [0.717, 1.165) is 19.4 Å². The van der Waals surface area contributed by atoms with Gasteiger partial charge >= 0.3 is 0 Å². The van der Waals surface area contributed by atoms with E-state index in [4.69, 9.17) is 9.16 Å². The van der Waals surface area contributed by atoms with Crippen LogP contribution in [0, 0.1) is 0 Å². The molecule has 1 unspecified atom stereocenters. The Morgan fingerprint density at radius 3 is 2.53 bits per heavy atom. The summed E-state index contributed by atoms with van der Waals surface area (Å²) in [5.41, 5.74) is 0. The van der Waals surface area contributed by atoms with Crippen molar-refractivity contribution in [3.63, 3.8) is 0 Å². The maximum atomic E-state index is 11.9. The van der Waals surface area contributed by atoms with Crippen molar-refractivity contribution in [3.05, 3.63) is 0 Å². The molecule has 0 aromatic rings. The number of likely N-dealkylation sites (tertiary alicyclic amines) is 1. The number of amides is 1. The van der Waals surface area contributed by atoms with Crippen molar-refractivity contribution < 1.29 is 14.0 Å². The topological polar surface area (TPSA) is 38.8 Å². The minimum Gasteiger partial charge on any atom is -0.412 e. The number of carbonyl (C=O) groups excluding carboxylic acids is 1. The lowest BCUT2D eigenvalue weighted by molar-refractivity contribution is -0.137. The van der Waals surface area contributed by atoms with Crippen molar-refractivity contribution in [2.45, 2.75) is 57.8 Å². The lowest BCUT2D eigenvalue weighted by Gasteiger charge is -2.42. The van der Waals surface area contributed by atoms with Crippen molar-refractivity contribution in [2.24, 2.45) is 0 Å². The van der Waals surface area contributed by atoms with E-state index in [1.165, 1.54) is 0 Å². The highest BCUT2D eigenvalue weighted by atomic mass is 28.4. The third kappa shape index (κ3) is 4.58. The highest BCUT2D eigenvalue weighted by molar-refractivity contribution is 6.74. The van der Waals surface area contributed by atoms with Gasteiger partial charge in [0.2, 0.25) is 5.91 Å². The zero-order chi connectivity index (χ0) is 14.7. The number of methoxy groups -OCH3 is 1. The molecule has 1 saturated heterocycles. The number of piperidine rings is 1. The van der Waals surface area contributed by atoms with Gasteiger partial charge in [0.15, 0.2) is 8.32 Å². The van der Waals surface area contributed by atoms with Crippen LogP contribution in [0.5, 0.6) is 0 Å². The van der Waals surface area contributed by atoms with Crippen LogP contribution in [0.4, 0.5) is 0 Å². The zero-order valence-electron chi connectivity index (χ0n) is 13.3. The summed E-state index contributed by atoms with van der Waals surface area (Å²) in [5.74, 6) is 0.0750. The van der Waals surface area contributed by atoms with Gasteiger partial charge in [-0.3, -0.25) is 4.79 Å². The lowest BCUT2D eigenvalue weighted by Crippen LogP contribution is -2.50. The molecular formula is C14H29NO3Si. The van der Waals surface area contributed by atoms with Gasteiger partial charge in [-0.2, -0.15) is 0 Å². The van der Waals surface area contributed by atoms with Crippen molar-refractivity contribution in [1.82, 2.24) is 4.90 Å². The minimum atomic E-state index is -1.74. The predicted molar refractivity (Wildman–Crippen MR) is 79.8 cm³/mol. The minimum absolute atomic E-state index is 0.0750. The van der Waals surface area contributed by atoms with Crippen LogP contribution in [0.3, 0.4) is 0 Å². The van der Waals surface area contributed by atoms with E-state index in [2.05, 4.69) is 33.9 Å². The Hall–Kier alpha value is -0.393. The number of ether oxygens (including phenoxy) is 1. The van der Waals surface area contributed by atoms with Gasteiger partial charge in [0.25, 0.3) is 0 Å². The molecule has 0 aromatic heterocycles. The fraction of sp³-hybridized carbons (Fsp3) is 0.929. The maximum Gasteiger partial charge on any atom is 0.248 e. The Kier molecular flexibility index (Phi) is 5.59. The van der Waals surface area contributed by atoms with Gasteiger partial charge in [-0.15, -0.1) is 0 Å².